The number of nitrogens with two attached hydrogens (primary N) is 2. The van der Waals surface area contributed by atoms with Gasteiger partial charge < -0.3 is 16.8 Å². The lowest BCUT2D eigenvalue weighted by Crippen LogP contribution is -2.21. The third-order valence-electron chi connectivity index (χ3n) is 2.07. The van der Waals surface area contributed by atoms with E-state index in [9.17, 15) is 4.79 Å². The van der Waals surface area contributed by atoms with Gasteiger partial charge in [0.15, 0.2) is 0 Å². The normalized spacial score (nSPS) is 9.94. The zero-order chi connectivity index (χ0) is 12.0. The first-order valence-electron chi connectivity index (χ1n) is 5.24. The van der Waals surface area contributed by atoms with Crippen molar-refractivity contribution in [1.82, 2.24) is 5.32 Å². The van der Waals surface area contributed by atoms with Gasteiger partial charge in [0.25, 0.3) is 0 Å². The maximum atomic E-state index is 11.3. The summed E-state index contributed by atoms with van der Waals surface area (Å²) in [7, 11) is 0. The van der Waals surface area contributed by atoms with Gasteiger partial charge in [-0.1, -0.05) is 6.92 Å². The predicted octanol–water partition coefficient (Wildman–Crippen LogP) is 1.81. The minimum absolute atomic E-state index is 0. The molecule has 0 aliphatic carbocycles. The number of hydrogen-bond acceptors (Lipinski definition) is 3. The van der Waals surface area contributed by atoms with Crippen LogP contribution in [0.1, 0.15) is 18.9 Å². The molecule has 17 heavy (non-hydrogen) atoms. The second-order valence-corrected chi connectivity index (χ2v) is 3.51. The first kappa shape index (κ1) is 15.3. The van der Waals surface area contributed by atoms with Gasteiger partial charge in [-0.2, -0.15) is 0 Å². The van der Waals surface area contributed by atoms with Crippen LogP contribution in [0.25, 0.3) is 6.08 Å². The van der Waals surface area contributed by atoms with E-state index < -0.39 is 0 Å². The van der Waals surface area contributed by atoms with E-state index in [4.69, 9.17) is 11.5 Å². The number of carbonyl (C=O) groups excluding carboxylic acids is 1. The van der Waals surface area contributed by atoms with Gasteiger partial charge in [0.2, 0.25) is 5.91 Å². The first-order chi connectivity index (χ1) is 7.63. The summed E-state index contributed by atoms with van der Waals surface area (Å²) in [5.74, 6) is -0.122. The fourth-order valence-electron chi connectivity index (χ4n) is 1.21. The Bertz CT molecular complexity index is 405. The minimum Gasteiger partial charge on any atom is -0.399 e. The standard InChI is InChI=1S/C12H17N3O.ClH/c1-2-7-15-12(16)6-3-9-8-10(13)4-5-11(9)14;/h3-6,8H,2,7,13-14H2,1H3,(H,15,16);1H/b6-3+;. The Kier molecular flexibility index (Phi) is 6.82. The SMILES string of the molecule is CCCNC(=O)/C=C/c1cc(N)ccc1N.Cl. The molecule has 0 atom stereocenters. The molecule has 0 heterocycles. The highest BCUT2D eigenvalue weighted by Crippen LogP contribution is 2.16. The molecule has 0 bridgehead atoms. The van der Waals surface area contributed by atoms with E-state index in [2.05, 4.69) is 5.32 Å². The summed E-state index contributed by atoms with van der Waals surface area (Å²) >= 11 is 0. The molecule has 0 saturated carbocycles. The number of nitrogen functional groups attached to an aromatic ring is 2. The molecule has 5 heteroatoms. The van der Waals surface area contributed by atoms with Crippen molar-refractivity contribution in [2.24, 2.45) is 0 Å². The van der Waals surface area contributed by atoms with E-state index in [1.54, 1.807) is 24.3 Å². The van der Waals surface area contributed by atoms with Crippen molar-refractivity contribution < 1.29 is 4.79 Å². The highest BCUT2D eigenvalue weighted by molar-refractivity contribution is 5.92. The monoisotopic (exact) mass is 255 g/mol. The van der Waals surface area contributed by atoms with Crippen LogP contribution in [0.3, 0.4) is 0 Å². The number of carbonyl (C=O) groups is 1. The lowest BCUT2D eigenvalue weighted by atomic mass is 10.1. The average molecular weight is 256 g/mol. The summed E-state index contributed by atoms with van der Waals surface area (Å²) < 4.78 is 0. The van der Waals surface area contributed by atoms with Crippen molar-refractivity contribution in [1.29, 1.82) is 0 Å². The van der Waals surface area contributed by atoms with E-state index >= 15 is 0 Å². The molecule has 0 aliphatic rings. The van der Waals surface area contributed by atoms with Crippen LogP contribution in [0.4, 0.5) is 11.4 Å². The number of amides is 1. The maximum absolute atomic E-state index is 11.3. The summed E-state index contributed by atoms with van der Waals surface area (Å²) in [6, 6.07) is 5.18. The van der Waals surface area contributed by atoms with Crippen LogP contribution in [0, 0.1) is 0 Å². The molecule has 0 unspecified atom stereocenters. The van der Waals surface area contributed by atoms with E-state index in [0.717, 1.165) is 12.0 Å². The Labute approximate surface area is 107 Å². The Morgan fingerprint density at radius 1 is 1.41 bits per heavy atom. The number of hydrogen-bond donors (Lipinski definition) is 3. The van der Waals surface area contributed by atoms with Crippen LogP contribution < -0.4 is 16.8 Å². The van der Waals surface area contributed by atoms with Crippen molar-refractivity contribution in [2.75, 3.05) is 18.0 Å². The van der Waals surface area contributed by atoms with Gasteiger partial charge in [-0.3, -0.25) is 4.79 Å². The first-order valence-corrected chi connectivity index (χ1v) is 5.24. The van der Waals surface area contributed by atoms with E-state index in [1.807, 2.05) is 6.92 Å². The summed E-state index contributed by atoms with van der Waals surface area (Å²) in [6.45, 7) is 2.68. The lowest BCUT2D eigenvalue weighted by molar-refractivity contribution is -0.116. The molecule has 0 radical (unpaired) electrons. The molecule has 4 nitrogen and oxygen atoms in total. The summed E-state index contributed by atoms with van der Waals surface area (Å²) in [5.41, 5.74) is 13.4. The van der Waals surface area contributed by atoms with Gasteiger partial charge in [0.05, 0.1) is 0 Å². The topological polar surface area (TPSA) is 81.1 Å². The van der Waals surface area contributed by atoms with Gasteiger partial charge in [-0.15, -0.1) is 12.4 Å². The molecule has 0 fully saturated rings. The Balaban J connectivity index is 0.00000256. The number of rotatable bonds is 4. The summed E-state index contributed by atoms with van der Waals surface area (Å²) in [6.07, 6.45) is 4.04. The van der Waals surface area contributed by atoms with Crippen molar-refractivity contribution in [3.8, 4) is 0 Å². The fourth-order valence-corrected chi connectivity index (χ4v) is 1.21. The van der Waals surface area contributed by atoms with Crippen LogP contribution in [-0.2, 0) is 4.79 Å². The maximum Gasteiger partial charge on any atom is 0.244 e. The van der Waals surface area contributed by atoms with Gasteiger partial charge >= 0.3 is 0 Å². The van der Waals surface area contributed by atoms with Gasteiger partial charge in [0.1, 0.15) is 0 Å². The van der Waals surface area contributed by atoms with Crippen LogP contribution >= 0.6 is 12.4 Å². The Hall–Kier alpha value is -1.68. The highest BCUT2D eigenvalue weighted by atomic mass is 35.5. The molecular formula is C12H18ClN3O. The minimum atomic E-state index is -0.122. The molecule has 94 valence electrons. The summed E-state index contributed by atoms with van der Waals surface area (Å²) in [5, 5.41) is 2.74. The van der Waals surface area contributed by atoms with Crippen LogP contribution in [0.15, 0.2) is 24.3 Å². The summed E-state index contributed by atoms with van der Waals surface area (Å²) in [4.78, 5) is 11.3. The van der Waals surface area contributed by atoms with Gasteiger partial charge in [-0.05, 0) is 36.3 Å². The van der Waals surface area contributed by atoms with Crippen LogP contribution in [-0.4, -0.2) is 12.5 Å². The van der Waals surface area contributed by atoms with Crippen LogP contribution in [0.2, 0.25) is 0 Å². The fraction of sp³-hybridized carbons (Fsp3) is 0.250. The molecule has 0 aliphatic heterocycles. The molecule has 1 rings (SSSR count). The van der Waals surface area contributed by atoms with E-state index in [1.165, 1.54) is 6.08 Å². The smallest absolute Gasteiger partial charge is 0.244 e. The Morgan fingerprint density at radius 3 is 2.76 bits per heavy atom. The quantitative estimate of drug-likeness (QED) is 0.567. The molecule has 0 spiro atoms. The number of benzene rings is 1. The third-order valence-corrected chi connectivity index (χ3v) is 2.07. The second-order valence-electron chi connectivity index (χ2n) is 3.51. The molecule has 1 aromatic rings. The number of anilines is 2. The number of nitrogens with one attached hydrogen (secondary N) is 1. The largest absolute Gasteiger partial charge is 0.399 e. The van der Waals surface area contributed by atoms with Crippen LogP contribution in [0.5, 0.6) is 0 Å². The molecule has 5 N–H and O–H groups in total. The molecule has 1 aromatic carbocycles. The van der Waals surface area contributed by atoms with Crippen molar-refractivity contribution >= 4 is 35.8 Å². The molecule has 1 amide bonds. The molecule has 0 saturated heterocycles. The highest BCUT2D eigenvalue weighted by Gasteiger charge is 1.97. The van der Waals surface area contributed by atoms with Crippen molar-refractivity contribution in [2.45, 2.75) is 13.3 Å². The Morgan fingerprint density at radius 2 is 2.12 bits per heavy atom. The van der Waals surface area contributed by atoms with Gasteiger partial charge in [0, 0.05) is 24.0 Å². The predicted molar refractivity (Wildman–Crippen MR) is 74.8 cm³/mol. The zero-order valence-electron chi connectivity index (χ0n) is 9.77. The van der Waals surface area contributed by atoms with E-state index in [0.29, 0.717) is 17.9 Å². The number of halogens is 1. The molecule has 0 aromatic heterocycles. The average Bonchev–Trinajstić information content (AvgIpc) is 2.27. The lowest BCUT2D eigenvalue weighted by Gasteiger charge is -2.02. The van der Waals surface area contributed by atoms with Crippen molar-refractivity contribution in [3.63, 3.8) is 0 Å². The third kappa shape index (κ3) is 5.26. The van der Waals surface area contributed by atoms with Gasteiger partial charge in [-0.25, -0.2) is 0 Å². The second kappa shape index (κ2) is 7.57. The van der Waals surface area contributed by atoms with Crippen molar-refractivity contribution in [3.05, 3.63) is 29.8 Å². The zero-order valence-corrected chi connectivity index (χ0v) is 10.6. The molecular weight excluding hydrogens is 238 g/mol. The van der Waals surface area contributed by atoms with E-state index in [-0.39, 0.29) is 18.3 Å².